The molecule has 1 N–H and O–H groups in total. The molecule has 32 heavy (non-hydrogen) atoms. The fraction of sp³-hybridized carbons (Fsp3) is 0.125. The highest BCUT2D eigenvalue weighted by Crippen LogP contribution is 2.41. The molecule has 0 bridgehead atoms. The summed E-state index contributed by atoms with van der Waals surface area (Å²) in [4.78, 5) is 11.3. The van der Waals surface area contributed by atoms with Crippen LogP contribution in [0.5, 0.6) is 0 Å². The van der Waals surface area contributed by atoms with Crippen LogP contribution in [0.15, 0.2) is 85.3 Å². The molecule has 8 heteroatoms. The Hall–Kier alpha value is -2.93. The first-order valence-electron chi connectivity index (χ1n) is 10.1. The van der Waals surface area contributed by atoms with Crippen molar-refractivity contribution in [1.82, 2.24) is 24.8 Å². The van der Waals surface area contributed by atoms with Crippen molar-refractivity contribution < 1.29 is 0 Å². The number of pyridine rings is 2. The highest BCUT2D eigenvalue weighted by atomic mass is 35.5. The number of nitrogens with zero attached hydrogens (tertiary/aromatic N) is 4. The topological polar surface area (TPSA) is 46.0 Å². The number of thiocarbonyl (C=S) groups is 1. The molecule has 1 aliphatic rings. The fourth-order valence-corrected chi connectivity index (χ4v) is 4.90. The average Bonchev–Trinajstić information content (AvgIpc) is 3.40. The van der Waals surface area contributed by atoms with E-state index in [2.05, 4.69) is 30.8 Å². The molecule has 3 aromatic heterocycles. The molecule has 160 valence electrons. The Kier molecular flexibility index (Phi) is 5.83. The molecule has 1 aliphatic heterocycles. The second-order valence-corrected chi connectivity index (χ2v) is 8.70. The number of aromatic nitrogens is 3. The van der Waals surface area contributed by atoms with Gasteiger partial charge in [-0.2, -0.15) is 0 Å². The Balaban J connectivity index is 1.62. The van der Waals surface area contributed by atoms with Crippen molar-refractivity contribution in [2.75, 3.05) is 0 Å². The molecule has 4 aromatic rings. The molecular weight excluding hydrogens is 461 g/mol. The van der Waals surface area contributed by atoms with Crippen molar-refractivity contribution in [3.8, 4) is 5.69 Å². The summed E-state index contributed by atoms with van der Waals surface area (Å²) in [6.45, 7) is 0.570. The minimum Gasteiger partial charge on any atom is -0.352 e. The lowest BCUT2D eigenvalue weighted by Gasteiger charge is -2.29. The summed E-state index contributed by atoms with van der Waals surface area (Å²) in [6.07, 6.45) is 5.59. The lowest BCUT2D eigenvalue weighted by Crippen LogP contribution is -2.30. The van der Waals surface area contributed by atoms with Crippen LogP contribution in [0.4, 0.5) is 0 Å². The smallest absolute Gasteiger partial charge is 0.170 e. The molecule has 0 spiro atoms. The Bertz CT molecular complexity index is 1250. The van der Waals surface area contributed by atoms with E-state index in [9.17, 15) is 0 Å². The van der Waals surface area contributed by atoms with Crippen molar-refractivity contribution >= 4 is 40.5 Å². The van der Waals surface area contributed by atoms with Crippen LogP contribution in [0.3, 0.4) is 0 Å². The number of benzene rings is 1. The maximum absolute atomic E-state index is 6.57. The van der Waals surface area contributed by atoms with Crippen LogP contribution in [-0.2, 0) is 6.54 Å². The van der Waals surface area contributed by atoms with Gasteiger partial charge in [0.25, 0.3) is 0 Å². The zero-order valence-corrected chi connectivity index (χ0v) is 19.2. The van der Waals surface area contributed by atoms with Gasteiger partial charge in [0, 0.05) is 29.3 Å². The maximum Gasteiger partial charge on any atom is 0.170 e. The molecule has 1 aromatic carbocycles. The summed E-state index contributed by atoms with van der Waals surface area (Å²) in [7, 11) is 0. The van der Waals surface area contributed by atoms with Crippen molar-refractivity contribution in [2.45, 2.75) is 18.6 Å². The van der Waals surface area contributed by atoms with Gasteiger partial charge in [-0.1, -0.05) is 35.3 Å². The Morgan fingerprint density at radius 1 is 0.938 bits per heavy atom. The monoisotopic (exact) mass is 479 g/mol. The van der Waals surface area contributed by atoms with E-state index < -0.39 is 0 Å². The van der Waals surface area contributed by atoms with Crippen LogP contribution >= 0.6 is 35.4 Å². The summed E-state index contributed by atoms with van der Waals surface area (Å²) in [5.41, 5.74) is 3.74. The van der Waals surface area contributed by atoms with Crippen molar-refractivity contribution in [2.24, 2.45) is 0 Å². The Labute approximate surface area is 201 Å². The normalized spacial score (nSPS) is 18.1. The van der Waals surface area contributed by atoms with Crippen molar-refractivity contribution in [3.63, 3.8) is 0 Å². The highest BCUT2D eigenvalue weighted by Gasteiger charge is 2.41. The Morgan fingerprint density at radius 3 is 2.47 bits per heavy atom. The fourth-order valence-electron chi connectivity index (χ4n) is 4.09. The summed E-state index contributed by atoms with van der Waals surface area (Å²) in [5, 5.41) is 5.31. The molecular formula is C24H19Cl2N5S. The van der Waals surface area contributed by atoms with Crippen LogP contribution in [-0.4, -0.2) is 24.5 Å². The van der Waals surface area contributed by atoms with E-state index in [1.54, 1.807) is 18.5 Å². The molecule has 2 unspecified atom stereocenters. The molecule has 0 radical (unpaired) electrons. The molecule has 2 atom stereocenters. The van der Waals surface area contributed by atoms with Crippen molar-refractivity contribution in [1.29, 1.82) is 0 Å². The summed E-state index contributed by atoms with van der Waals surface area (Å²) >= 11 is 18.5. The van der Waals surface area contributed by atoms with E-state index >= 15 is 0 Å². The van der Waals surface area contributed by atoms with Crippen LogP contribution in [0.1, 0.15) is 29.2 Å². The van der Waals surface area contributed by atoms with E-state index in [-0.39, 0.29) is 12.1 Å². The van der Waals surface area contributed by atoms with E-state index in [4.69, 9.17) is 35.4 Å². The van der Waals surface area contributed by atoms with Gasteiger partial charge in [-0.15, -0.1) is 0 Å². The molecule has 4 heterocycles. The first kappa shape index (κ1) is 20.9. The van der Waals surface area contributed by atoms with E-state index in [0.29, 0.717) is 21.7 Å². The molecule has 1 fully saturated rings. The average molecular weight is 480 g/mol. The number of hydrogen-bond donors (Lipinski definition) is 1. The largest absolute Gasteiger partial charge is 0.352 e. The molecule has 5 nitrogen and oxygen atoms in total. The third kappa shape index (κ3) is 3.97. The lowest BCUT2D eigenvalue weighted by molar-refractivity contribution is 0.299. The third-order valence-electron chi connectivity index (χ3n) is 5.51. The zero-order chi connectivity index (χ0) is 22.1. The predicted molar refractivity (Wildman–Crippen MR) is 131 cm³/mol. The maximum atomic E-state index is 6.57. The van der Waals surface area contributed by atoms with Crippen LogP contribution in [0.25, 0.3) is 5.69 Å². The highest BCUT2D eigenvalue weighted by molar-refractivity contribution is 7.80. The third-order valence-corrected chi connectivity index (χ3v) is 6.40. The van der Waals surface area contributed by atoms with Gasteiger partial charge >= 0.3 is 0 Å². The van der Waals surface area contributed by atoms with Gasteiger partial charge in [0.1, 0.15) is 0 Å². The number of hydrogen-bond acceptors (Lipinski definition) is 3. The Morgan fingerprint density at radius 2 is 1.75 bits per heavy atom. The summed E-state index contributed by atoms with van der Waals surface area (Å²) in [6, 6.07) is 21.2. The van der Waals surface area contributed by atoms with E-state index in [1.165, 1.54) is 0 Å². The van der Waals surface area contributed by atoms with Gasteiger partial charge in [0.15, 0.2) is 5.11 Å². The molecule has 1 saturated heterocycles. The molecule has 5 rings (SSSR count). The number of rotatable bonds is 5. The van der Waals surface area contributed by atoms with Gasteiger partial charge in [-0.25, -0.2) is 0 Å². The molecule has 0 aliphatic carbocycles. The first-order valence-corrected chi connectivity index (χ1v) is 11.3. The SMILES string of the molecule is S=C1NC(c2ccccn2)C(c2cccn2-c2ccc(Cl)cc2Cl)N1Cc1ccccn1. The van der Waals surface area contributed by atoms with Crippen molar-refractivity contribution in [3.05, 3.63) is 112 Å². The molecule has 0 amide bonds. The van der Waals surface area contributed by atoms with Gasteiger partial charge in [-0.3, -0.25) is 9.97 Å². The van der Waals surface area contributed by atoms with E-state index in [1.807, 2.05) is 60.8 Å². The number of halogens is 2. The standard InChI is InChI=1S/C24H19Cl2N5S/c25-16-9-10-20(18(26)14-16)30-13-5-8-21(30)23-22(19-7-2-4-12-28-19)29-24(32)31(23)15-17-6-1-3-11-27-17/h1-14,22-23H,15H2,(H,29,32). The second-order valence-electron chi connectivity index (χ2n) is 7.47. The van der Waals surface area contributed by atoms with Gasteiger partial charge in [0.2, 0.25) is 0 Å². The minimum atomic E-state index is -0.132. The van der Waals surface area contributed by atoms with Crippen LogP contribution in [0, 0.1) is 0 Å². The lowest BCUT2D eigenvalue weighted by atomic mass is 10.0. The second kappa shape index (κ2) is 8.90. The first-order chi connectivity index (χ1) is 15.6. The summed E-state index contributed by atoms with van der Waals surface area (Å²) < 4.78 is 2.08. The quantitative estimate of drug-likeness (QED) is 0.369. The van der Waals surface area contributed by atoms with Crippen LogP contribution in [0.2, 0.25) is 10.0 Å². The summed E-state index contributed by atoms with van der Waals surface area (Å²) in [5.74, 6) is 0. The minimum absolute atomic E-state index is 0.124. The zero-order valence-electron chi connectivity index (χ0n) is 16.9. The van der Waals surface area contributed by atoms with Gasteiger partial charge in [0.05, 0.1) is 40.7 Å². The number of nitrogens with one attached hydrogen (secondary N) is 1. The van der Waals surface area contributed by atoms with Crippen LogP contribution < -0.4 is 5.32 Å². The van der Waals surface area contributed by atoms with E-state index in [0.717, 1.165) is 22.8 Å². The predicted octanol–water partition coefficient (Wildman–Crippen LogP) is 5.75. The molecule has 0 saturated carbocycles. The van der Waals surface area contributed by atoms with Gasteiger partial charge in [-0.05, 0) is 66.8 Å². The van der Waals surface area contributed by atoms with Gasteiger partial charge < -0.3 is 14.8 Å².